The van der Waals surface area contributed by atoms with Gasteiger partial charge in [-0.15, -0.1) is 0 Å². The van der Waals surface area contributed by atoms with E-state index in [0.717, 1.165) is 18.8 Å². The molecular weight excluding hydrogens is 280 g/mol. The van der Waals surface area contributed by atoms with Gasteiger partial charge in [-0.2, -0.15) is 0 Å². The van der Waals surface area contributed by atoms with E-state index in [2.05, 4.69) is 34.6 Å². The molecule has 2 aliphatic rings. The van der Waals surface area contributed by atoms with Gasteiger partial charge in [0.05, 0.1) is 0 Å². The Labute approximate surface area is 145 Å². The summed E-state index contributed by atoms with van der Waals surface area (Å²) in [5.74, 6) is 2.69. The van der Waals surface area contributed by atoms with Crippen LogP contribution in [0.15, 0.2) is 0 Å². The number of rotatable bonds is 5. The van der Waals surface area contributed by atoms with Gasteiger partial charge in [-0.3, -0.25) is 4.79 Å². The van der Waals surface area contributed by atoms with E-state index in [4.69, 9.17) is 0 Å². The Hall–Kier alpha value is -0.330. The van der Waals surface area contributed by atoms with Crippen molar-refractivity contribution in [2.75, 3.05) is 0 Å². The van der Waals surface area contributed by atoms with Crippen molar-refractivity contribution in [1.29, 1.82) is 0 Å². The molecule has 0 bridgehead atoms. The molecule has 0 aromatic rings. The summed E-state index contributed by atoms with van der Waals surface area (Å²) in [4.78, 5) is 12.1. The summed E-state index contributed by atoms with van der Waals surface area (Å²) in [7, 11) is 0. The SMILES string of the molecule is CC(C)CC(=O)CC1CCC2(CC1)CCC(CC(C)(C)C)CC2. The molecule has 1 spiro atoms. The summed E-state index contributed by atoms with van der Waals surface area (Å²) in [6.45, 7) is 11.5. The van der Waals surface area contributed by atoms with Crippen LogP contribution in [0.3, 0.4) is 0 Å². The molecule has 0 atom stereocenters. The lowest BCUT2D eigenvalue weighted by atomic mass is 9.60. The smallest absolute Gasteiger partial charge is 0.133 e. The van der Waals surface area contributed by atoms with Crippen molar-refractivity contribution in [2.24, 2.45) is 28.6 Å². The summed E-state index contributed by atoms with van der Waals surface area (Å²) in [5, 5.41) is 0. The number of hydrogen-bond acceptors (Lipinski definition) is 1. The van der Waals surface area contributed by atoms with Crippen molar-refractivity contribution in [1.82, 2.24) is 0 Å². The van der Waals surface area contributed by atoms with Crippen molar-refractivity contribution in [3.05, 3.63) is 0 Å². The van der Waals surface area contributed by atoms with Gasteiger partial charge in [0.1, 0.15) is 5.78 Å². The third kappa shape index (κ3) is 6.24. The summed E-state index contributed by atoms with van der Waals surface area (Å²) in [6, 6.07) is 0. The monoisotopic (exact) mass is 320 g/mol. The van der Waals surface area contributed by atoms with Crippen molar-refractivity contribution < 1.29 is 4.79 Å². The molecule has 0 unspecified atom stereocenters. The van der Waals surface area contributed by atoms with E-state index in [-0.39, 0.29) is 0 Å². The van der Waals surface area contributed by atoms with Crippen molar-refractivity contribution >= 4 is 5.78 Å². The molecule has 0 radical (unpaired) electrons. The first kappa shape index (κ1) is 19.0. The van der Waals surface area contributed by atoms with Crippen LogP contribution >= 0.6 is 0 Å². The van der Waals surface area contributed by atoms with E-state index in [1.54, 1.807) is 0 Å². The molecule has 0 heterocycles. The van der Waals surface area contributed by atoms with Crippen LogP contribution in [0, 0.1) is 28.6 Å². The highest BCUT2D eigenvalue weighted by atomic mass is 16.1. The fourth-order valence-electron chi connectivity index (χ4n) is 5.21. The fourth-order valence-corrected chi connectivity index (χ4v) is 5.21. The van der Waals surface area contributed by atoms with E-state index in [1.807, 2.05) is 0 Å². The zero-order valence-corrected chi connectivity index (χ0v) is 16.4. The fraction of sp³-hybridized carbons (Fsp3) is 0.955. The molecule has 0 aromatic carbocycles. The first-order valence-electron chi connectivity index (χ1n) is 10.2. The molecule has 0 aromatic heterocycles. The Kier molecular flexibility index (Phi) is 6.36. The second kappa shape index (κ2) is 7.70. The Morgan fingerprint density at radius 2 is 1.43 bits per heavy atom. The van der Waals surface area contributed by atoms with Gasteiger partial charge >= 0.3 is 0 Å². The summed E-state index contributed by atoms with van der Waals surface area (Å²) < 4.78 is 0. The number of Topliss-reactive ketones (excluding diaryl/α,β-unsaturated/α-hetero) is 1. The van der Waals surface area contributed by atoms with E-state index < -0.39 is 0 Å². The summed E-state index contributed by atoms with van der Waals surface area (Å²) in [6.07, 6.45) is 14.3. The Balaban J connectivity index is 1.73. The third-order valence-corrected chi connectivity index (χ3v) is 6.38. The standard InChI is InChI=1S/C22H40O/c1-17(2)14-20(23)15-18-6-10-22(11-7-18)12-8-19(9-13-22)16-21(3,4)5/h17-19H,6-16H2,1-5H3. The maximum absolute atomic E-state index is 12.1. The third-order valence-electron chi connectivity index (χ3n) is 6.38. The zero-order valence-electron chi connectivity index (χ0n) is 16.4. The molecule has 0 amide bonds. The maximum atomic E-state index is 12.1. The topological polar surface area (TPSA) is 17.1 Å². The molecule has 2 aliphatic carbocycles. The molecule has 134 valence electrons. The Morgan fingerprint density at radius 1 is 0.957 bits per heavy atom. The van der Waals surface area contributed by atoms with Gasteiger partial charge in [-0.05, 0) is 86.4 Å². The van der Waals surface area contributed by atoms with Gasteiger partial charge in [-0.25, -0.2) is 0 Å². The average Bonchev–Trinajstić information content (AvgIpc) is 2.42. The lowest BCUT2D eigenvalue weighted by molar-refractivity contribution is -0.121. The summed E-state index contributed by atoms with van der Waals surface area (Å²) in [5.41, 5.74) is 1.15. The Bertz CT molecular complexity index is 369. The minimum atomic E-state index is 0.490. The molecule has 1 nitrogen and oxygen atoms in total. The minimum absolute atomic E-state index is 0.490. The van der Waals surface area contributed by atoms with Crippen LogP contribution < -0.4 is 0 Å². The van der Waals surface area contributed by atoms with E-state index in [1.165, 1.54) is 57.8 Å². The van der Waals surface area contributed by atoms with Crippen LogP contribution in [0.25, 0.3) is 0 Å². The normalized spacial score (nSPS) is 32.4. The molecular formula is C22H40O. The zero-order chi connectivity index (χ0) is 17.1. The minimum Gasteiger partial charge on any atom is -0.300 e. The van der Waals surface area contributed by atoms with Gasteiger partial charge in [0.2, 0.25) is 0 Å². The van der Waals surface area contributed by atoms with Crippen LogP contribution in [0.2, 0.25) is 0 Å². The highest BCUT2D eigenvalue weighted by Crippen LogP contribution is 2.52. The number of carbonyl (C=O) groups is 1. The first-order chi connectivity index (χ1) is 10.7. The molecule has 0 saturated heterocycles. The van der Waals surface area contributed by atoms with Crippen molar-refractivity contribution in [3.8, 4) is 0 Å². The molecule has 1 heteroatoms. The molecule has 2 fully saturated rings. The van der Waals surface area contributed by atoms with E-state index >= 15 is 0 Å². The lowest BCUT2D eigenvalue weighted by Gasteiger charge is -2.46. The molecule has 2 rings (SSSR count). The van der Waals surface area contributed by atoms with Crippen LogP contribution in [0.4, 0.5) is 0 Å². The second-order valence-electron chi connectivity index (χ2n) is 10.5. The van der Waals surface area contributed by atoms with Crippen molar-refractivity contribution in [2.45, 2.75) is 105 Å². The quantitative estimate of drug-likeness (QED) is 0.544. The van der Waals surface area contributed by atoms with Crippen LogP contribution in [-0.2, 0) is 4.79 Å². The number of hydrogen-bond donors (Lipinski definition) is 0. The summed E-state index contributed by atoms with van der Waals surface area (Å²) >= 11 is 0. The predicted octanol–water partition coefficient (Wildman–Crippen LogP) is 6.79. The molecule has 2 saturated carbocycles. The molecule has 23 heavy (non-hydrogen) atoms. The molecule has 0 aliphatic heterocycles. The van der Waals surface area contributed by atoms with Crippen LogP contribution in [0.5, 0.6) is 0 Å². The highest BCUT2D eigenvalue weighted by Gasteiger charge is 2.39. The van der Waals surface area contributed by atoms with Gasteiger partial charge in [0.15, 0.2) is 0 Å². The number of carbonyl (C=O) groups excluding carboxylic acids is 1. The van der Waals surface area contributed by atoms with Crippen LogP contribution in [-0.4, -0.2) is 5.78 Å². The average molecular weight is 321 g/mol. The largest absolute Gasteiger partial charge is 0.300 e. The highest BCUT2D eigenvalue weighted by molar-refractivity contribution is 5.78. The van der Waals surface area contributed by atoms with Gasteiger partial charge in [-0.1, -0.05) is 34.6 Å². The van der Waals surface area contributed by atoms with Crippen LogP contribution in [0.1, 0.15) is 105 Å². The predicted molar refractivity (Wildman–Crippen MR) is 99.5 cm³/mol. The first-order valence-corrected chi connectivity index (χ1v) is 10.2. The van der Waals surface area contributed by atoms with Gasteiger partial charge < -0.3 is 0 Å². The number of ketones is 1. The Morgan fingerprint density at radius 3 is 1.87 bits per heavy atom. The second-order valence-corrected chi connectivity index (χ2v) is 10.5. The van der Waals surface area contributed by atoms with E-state index in [9.17, 15) is 4.79 Å². The molecule has 0 N–H and O–H groups in total. The lowest BCUT2D eigenvalue weighted by Crippen LogP contribution is -2.33. The van der Waals surface area contributed by atoms with E-state index in [0.29, 0.717) is 28.4 Å². The van der Waals surface area contributed by atoms with Crippen molar-refractivity contribution in [3.63, 3.8) is 0 Å². The maximum Gasteiger partial charge on any atom is 0.133 e. The van der Waals surface area contributed by atoms with Gasteiger partial charge in [0.25, 0.3) is 0 Å². The van der Waals surface area contributed by atoms with Gasteiger partial charge in [0, 0.05) is 12.8 Å².